The SMILES string of the molecule is Fc1cccc(-c2cncc3[nH]c(-c4n[nH]c5ccc(-c6ccccn6)nc45)nc23)c1. The quantitative estimate of drug-likeness (QED) is 0.441. The highest BCUT2D eigenvalue weighted by atomic mass is 19.1. The molecule has 0 amide bonds. The van der Waals surface area contributed by atoms with E-state index in [2.05, 4.69) is 25.1 Å². The van der Waals surface area contributed by atoms with Crippen molar-refractivity contribution in [1.82, 2.24) is 35.1 Å². The Bertz CT molecular complexity index is 1550. The van der Waals surface area contributed by atoms with Gasteiger partial charge in [0.1, 0.15) is 11.3 Å². The summed E-state index contributed by atoms with van der Waals surface area (Å²) in [5, 5.41) is 7.44. The number of imidazole rings is 1. The molecule has 0 radical (unpaired) electrons. The van der Waals surface area contributed by atoms with Crippen molar-refractivity contribution in [3.05, 3.63) is 79.0 Å². The third-order valence-electron chi connectivity index (χ3n) is 5.09. The van der Waals surface area contributed by atoms with Crippen molar-refractivity contribution in [3.8, 4) is 34.0 Å². The maximum Gasteiger partial charge on any atom is 0.161 e. The molecule has 0 spiro atoms. The first kappa shape index (κ1) is 17.4. The molecule has 5 heterocycles. The van der Waals surface area contributed by atoms with Crippen LogP contribution in [0.15, 0.2) is 73.2 Å². The van der Waals surface area contributed by atoms with Crippen LogP contribution in [-0.2, 0) is 0 Å². The van der Waals surface area contributed by atoms with Gasteiger partial charge in [-0.15, -0.1) is 0 Å². The summed E-state index contributed by atoms with van der Waals surface area (Å²) in [7, 11) is 0. The number of halogens is 1. The number of pyridine rings is 3. The summed E-state index contributed by atoms with van der Waals surface area (Å²) in [6.45, 7) is 0. The van der Waals surface area contributed by atoms with Crippen LogP contribution in [0.25, 0.3) is 56.1 Å². The fourth-order valence-corrected chi connectivity index (χ4v) is 3.63. The number of aromatic nitrogens is 7. The smallest absolute Gasteiger partial charge is 0.161 e. The van der Waals surface area contributed by atoms with E-state index >= 15 is 0 Å². The van der Waals surface area contributed by atoms with Crippen LogP contribution in [0.2, 0.25) is 0 Å². The Hall–Kier alpha value is -4.46. The number of H-pyrrole nitrogens is 2. The molecule has 2 N–H and O–H groups in total. The van der Waals surface area contributed by atoms with Crippen molar-refractivity contribution in [1.29, 1.82) is 0 Å². The molecular weight excluding hydrogens is 393 g/mol. The predicted molar refractivity (Wildman–Crippen MR) is 115 cm³/mol. The Morgan fingerprint density at radius 3 is 2.65 bits per heavy atom. The first-order valence-corrected chi connectivity index (χ1v) is 9.63. The van der Waals surface area contributed by atoms with E-state index in [9.17, 15) is 4.39 Å². The molecule has 1 aromatic carbocycles. The fourth-order valence-electron chi connectivity index (χ4n) is 3.63. The number of hydrogen-bond acceptors (Lipinski definition) is 5. The zero-order chi connectivity index (χ0) is 20.8. The number of hydrogen-bond donors (Lipinski definition) is 2. The summed E-state index contributed by atoms with van der Waals surface area (Å²) in [4.78, 5) is 21.4. The number of aromatic amines is 2. The van der Waals surface area contributed by atoms with E-state index in [4.69, 9.17) is 9.97 Å². The van der Waals surface area contributed by atoms with Crippen LogP contribution in [0.5, 0.6) is 0 Å². The molecule has 7 nitrogen and oxygen atoms in total. The van der Waals surface area contributed by atoms with Gasteiger partial charge in [-0.3, -0.25) is 15.1 Å². The zero-order valence-electron chi connectivity index (χ0n) is 16.0. The lowest BCUT2D eigenvalue weighted by molar-refractivity contribution is 0.628. The normalized spacial score (nSPS) is 11.4. The minimum atomic E-state index is -0.310. The molecule has 0 aliphatic heterocycles. The minimum absolute atomic E-state index is 0.310. The topological polar surface area (TPSA) is 96.0 Å². The number of fused-ring (bicyclic) bond motifs is 2. The lowest BCUT2D eigenvalue weighted by atomic mass is 10.1. The average Bonchev–Trinajstić information content (AvgIpc) is 3.43. The van der Waals surface area contributed by atoms with Crippen molar-refractivity contribution in [2.75, 3.05) is 0 Å². The first-order valence-electron chi connectivity index (χ1n) is 9.63. The highest BCUT2D eigenvalue weighted by molar-refractivity contribution is 5.95. The molecule has 0 atom stereocenters. The number of nitrogens with one attached hydrogen (secondary N) is 2. The maximum atomic E-state index is 13.8. The highest BCUT2D eigenvalue weighted by Gasteiger charge is 2.17. The second-order valence-electron chi connectivity index (χ2n) is 7.06. The molecule has 0 saturated heterocycles. The molecule has 148 valence electrons. The molecule has 8 heteroatoms. The van der Waals surface area contributed by atoms with Crippen LogP contribution < -0.4 is 0 Å². The fraction of sp³-hybridized carbons (Fsp3) is 0. The van der Waals surface area contributed by atoms with Gasteiger partial charge in [-0.25, -0.2) is 14.4 Å². The summed E-state index contributed by atoms with van der Waals surface area (Å²) in [5.74, 6) is 0.243. The molecule has 0 saturated carbocycles. The van der Waals surface area contributed by atoms with Crippen LogP contribution in [-0.4, -0.2) is 35.1 Å². The van der Waals surface area contributed by atoms with E-state index in [1.807, 2.05) is 36.4 Å². The molecule has 6 rings (SSSR count). The van der Waals surface area contributed by atoms with Gasteiger partial charge in [0.05, 0.1) is 34.1 Å². The Morgan fingerprint density at radius 2 is 1.77 bits per heavy atom. The van der Waals surface area contributed by atoms with Gasteiger partial charge in [-0.1, -0.05) is 18.2 Å². The van der Waals surface area contributed by atoms with E-state index in [0.29, 0.717) is 28.1 Å². The zero-order valence-corrected chi connectivity index (χ0v) is 16.0. The van der Waals surface area contributed by atoms with Crippen LogP contribution in [0, 0.1) is 5.82 Å². The third-order valence-corrected chi connectivity index (χ3v) is 5.09. The Balaban J connectivity index is 1.52. The molecule has 0 bridgehead atoms. The molecule has 0 aliphatic carbocycles. The predicted octanol–water partition coefficient (Wildman–Crippen LogP) is 4.76. The number of nitrogens with zero attached hydrogens (tertiary/aromatic N) is 5. The summed E-state index contributed by atoms with van der Waals surface area (Å²) in [6, 6.07) is 15.9. The Morgan fingerprint density at radius 1 is 0.806 bits per heavy atom. The molecule has 0 aliphatic rings. The highest BCUT2D eigenvalue weighted by Crippen LogP contribution is 2.31. The van der Waals surface area contributed by atoms with E-state index in [0.717, 1.165) is 28.0 Å². The van der Waals surface area contributed by atoms with E-state index in [1.54, 1.807) is 24.7 Å². The summed E-state index contributed by atoms with van der Waals surface area (Å²) < 4.78 is 13.8. The lowest BCUT2D eigenvalue weighted by Gasteiger charge is -2.01. The summed E-state index contributed by atoms with van der Waals surface area (Å²) in [5.41, 5.74) is 6.45. The van der Waals surface area contributed by atoms with Crippen molar-refractivity contribution in [2.24, 2.45) is 0 Å². The number of rotatable bonds is 3. The van der Waals surface area contributed by atoms with Gasteiger partial charge in [0.15, 0.2) is 11.5 Å². The molecule has 6 aromatic rings. The van der Waals surface area contributed by atoms with Crippen LogP contribution in [0.4, 0.5) is 4.39 Å². The lowest BCUT2D eigenvalue weighted by Crippen LogP contribution is -1.88. The van der Waals surface area contributed by atoms with Gasteiger partial charge >= 0.3 is 0 Å². The summed E-state index contributed by atoms with van der Waals surface area (Å²) >= 11 is 0. The van der Waals surface area contributed by atoms with Crippen LogP contribution in [0.3, 0.4) is 0 Å². The largest absolute Gasteiger partial charge is 0.335 e. The van der Waals surface area contributed by atoms with Gasteiger partial charge < -0.3 is 4.98 Å². The second-order valence-corrected chi connectivity index (χ2v) is 7.06. The van der Waals surface area contributed by atoms with Crippen molar-refractivity contribution in [2.45, 2.75) is 0 Å². The number of benzene rings is 1. The Labute approximate surface area is 175 Å². The molecule has 0 fully saturated rings. The molecule has 5 aromatic heterocycles. The van der Waals surface area contributed by atoms with Gasteiger partial charge in [0, 0.05) is 18.0 Å². The molecule has 31 heavy (non-hydrogen) atoms. The van der Waals surface area contributed by atoms with Crippen molar-refractivity contribution >= 4 is 22.1 Å². The third kappa shape index (κ3) is 2.93. The standard InChI is InChI=1S/C23H14FN7/c24-14-5-3-4-13(10-14)15-11-25-12-19-20(15)29-23(28-19)22-21-18(30-31-22)8-7-17(27-21)16-6-1-2-9-26-16/h1-12H,(H,28,29)(H,30,31). The van der Waals surface area contributed by atoms with Crippen LogP contribution in [0.1, 0.15) is 0 Å². The average molecular weight is 407 g/mol. The summed E-state index contributed by atoms with van der Waals surface area (Å²) in [6.07, 6.45) is 5.11. The first-order chi connectivity index (χ1) is 15.3. The van der Waals surface area contributed by atoms with Gasteiger partial charge in [-0.05, 0) is 42.0 Å². The minimum Gasteiger partial charge on any atom is -0.335 e. The van der Waals surface area contributed by atoms with Gasteiger partial charge in [0.2, 0.25) is 0 Å². The van der Waals surface area contributed by atoms with Gasteiger partial charge in [0.25, 0.3) is 0 Å². The van der Waals surface area contributed by atoms with E-state index in [-0.39, 0.29) is 5.82 Å². The van der Waals surface area contributed by atoms with Gasteiger partial charge in [-0.2, -0.15) is 5.10 Å². The monoisotopic (exact) mass is 407 g/mol. The van der Waals surface area contributed by atoms with Crippen molar-refractivity contribution < 1.29 is 4.39 Å². The molecule has 0 unspecified atom stereocenters. The Kier molecular flexibility index (Phi) is 3.82. The maximum absolute atomic E-state index is 13.8. The second kappa shape index (κ2) is 6.81. The van der Waals surface area contributed by atoms with E-state index in [1.165, 1.54) is 12.1 Å². The van der Waals surface area contributed by atoms with Crippen molar-refractivity contribution in [3.63, 3.8) is 0 Å². The van der Waals surface area contributed by atoms with Crippen LogP contribution >= 0.6 is 0 Å². The molecular formula is C23H14FN7. The van der Waals surface area contributed by atoms with E-state index < -0.39 is 0 Å².